The van der Waals surface area contributed by atoms with Crippen LogP contribution in [0.5, 0.6) is 0 Å². The molecule has 0 amide bonds. The number of carbonyl (C=O) groups excluding carboxylic acids is 2. The van der Waals surface area contributed by atoms with Crippen molar-refractivity contribution in [2.45, 2.75) is 18.4 Å². The lowest BCUT2D eigenvalue weighted by Gasteiger charge is -2.27. The minimum atomic E-state index is -1.58. The van der Waals surface area contributed by atoms with Gasteiger partial charge in [-0.3, -0.25) is 14.6 Å². The van der Waals surface area contributed by atoms with E-state index in [1.807, 2.05) is 6.07 Å². The number of benzene rings is 1. The summed E-state index contributed by atoms with van der Waals surface area (Å²) in [5.41, 5.74) is -0.667. The van der Waals surface area contributed by atoms with Gasteiger partial charge in [-0.15, -0.1) is 0 Å². The Morgan fingerprint density at radius 1 is 1.14 bits per heavy atom. The van der Waals surface area contributed by atoms with Crippen LogP contribution in [0.3, 0.4) is 0 Å². The Labute approximate surface area is 128 Å². The maximum absolute atomic E-state index is 12.1. The Kier molecular flexibility index (Phi) is 5.01. The first kappa shape index (κ1) is 15.9. The third-order valence-corrected chi connectivity index (χ3v) is 3.36. The summed E-state index contributed by atoms with van der Waals surface area (Å²) in [5.74, 6) is -1.04. The van der Waals surface area contributed by atoms with Crippen LogP contribution in [-0.2, 0) is 19.9 Å². The van der Waals surface area contributed by atoms with E-state index in [1.54, 1.807) is 48.7 Å². The summed E-state index contributed by atoms with van der Waals surface area (Å²) in [7, 11) is 1.22. The molecule has 1 heterocycles. The molecule has 0 radical (unpaired) electrons. The van der Waals surface area contributed by atoms with Crippen molar-refractivity contribution in [2.75, 3.05) is 7.11 Å². The van der Waals surface area contributed by atoms with E-state index >= 15 is 0 Å². The molecular weight excluding hydrogens is 282 g/mol. The van der Waals surface area contributed by atoms with Gasteiger partial charge in [-0.25, -0.2) is 0 Å². The lowest BCUT2D eigenvalue weighted by atomic mass is 9.84. The van der Waals surface area contributed by atoms with E-state index in [0.29, 0.717) is 11.3 Å². The van der Waals surface area contributed by atoms with Crippen molar-refractivity contribution >= 4 is 11.8 Å². The second-order valence-corrected chi connectivity index (χ2v) is 4.91. The Morgan fingerprint density at radius 3 is 2.41 bits per heavy atom. The fourth-order valence-corrected chi connectivity index (χ4v) is 2.24. The number of nitrogens with zero attached hydrogens (tertiary/aromatic N) is 1. The lowest BCUT2D eigenvalue weighted by molar-refractivity contribution is -0.144. The Balaban J connectivity index is 2.35. The number of methoxy groups -OCH3 is 1. The van der Waals surface area contributed by atoms with Crippen LogP contribution in [0.1, 0.15) is 24.1 Å². The Hall–Kier alpha value is -2.53. The summed E-state index contributed by atoms with van der Waals surface area (Å²) >= 11 is 0. The molecule has 1 aromatic heterocycles. The number of aromatic nitrogens is 1. The smallest absolute Gasteiger partial charge is 0.313 e. The van der Waals surface area contributed by atoms with Gasteiger partial charge in [0, 0.05) is 12.6 Å². The van der Waals surface area contributed by atoms with Gasteiger partial charge in [-0.05, 0) is 17.7 Å². The van der Waals surface area contributed by atoms with E-state index in [1.165, 1.54) is 7.11 Å². The zero-order valence-electron chi connectivity index (χ0n) is 12.2. The largest absolute Gasteiger partial charge is 0.469 e. The van der Waals surface area contributed by atoms with E-state index in [2.05, 4.69) is 9.72 Å². The highest BCUT2D eigenvalue weighted by Gasteiger charge is 2.35. The minimum absolute atomic E-state index is 0.247. The zero-order chi connectivity index (χ0) is 16.0. The number of aliphatic hydroxyl groups is 1. The van der Waals surface area contributed by atoms with Gasteiger partial charge in [0.05, 0.1) is 12.8 Å². The third-order valence-electron chi connectivity index (χ3n) is 3.36. The zero-order valence-corrected chi connectivity index (χ0v) is 12.2. The molecule has 0 spiro atoms. The second-order valence-electron chi connectivity index (χ2n) is 4.91. The second kappa shape index (κ2) is 6.95. The predicted octanol–water partition coefficient (Wildman–Crippen LogP) is 1.84. The van der Waals surface area contributed by atoms with Crippen LogP contribution in [0, 0.1) is 0 Å². The van der Waals surface area contributed by atoms with Crippen molar-refractivity contribution in [3.63, 3.8) is 0 Å². The number of carbonyl (C=O) groups is 2. The van der Waals surface area contributed by atoms with Crippen molar-refractivity contribution in [1.29, 1.82) is 0 Å². The van der Waals surface area contributed by atoms with Crippen molar-refractivity contribution in [1.82, 2.24) is 4.98 Å². The van der Waals surface area contributed by atoms with Crippen molar-refractivity contribution in [3.8, 4) is 0 Å². The van der Waals surface area contributed by atoms with Gasteiger partial charge in [-0.2, -0.15) is 0 Å². The molecule has 1 unspecified atom stereocenters. The lowest BCUT2D eigenvalue weighted by Crippen LogP contribution is -2.32. The molecule has 2 rings (SSSR count). The number of ether oxygens (including phenoxy) is 1. The number of rotatable bonds is 6. The van der Waals surface area contributed by atoms with E-state index in [4.69, 9.17) is 0 Å². The van der Waals surface area contributed by atoms with Gasteiger partial charge in [0.15, 0.2) is 0 Å². The van der Waals surface area contributed by atoms with Gasteiger partial charge >= 0.3 is 5.97 Å². The SMILES string of the molecule is COC(=O)CC(=O)CC(O)(c1ccccc1)c1ccccn1. The maximum Gasteiger partial charge on any atom is 0.313 e. The van der Waals surface area contributed by atoms with Crippen LogP contribution < -0.4 is 0 Å². The van der Waals surface area contributed by atoms with E-state index in [-0.39, 0.29) is 12.8 Å². The van der Waals surface area contributed by atoms with Crippen LogP contribution in [0.2, 0.25) is 0 Å². The van der Waals surface area contributed by atoms with E-state index in [0.717, 1.165) is 0 Å². The van der Waals surface area contributed by atoms with Crippen LogP contribution in [0.15, 0.2) is 54.7 Å². The van der Waals surface area contributed by atoms with Gasteiger partial charge in [-0.1, -0.05) is 36.4 Å². The van der Waals surface area contributed by atoms with E-state index in [9.17, 15) is 14.7 Å². The molecule has 0 fully saturated rings. The number of esters is 1. The first-order valence-corrected chi connectivity index (χ1v) is 6.84. The van der Waals surface area contributed by atoms with Crippen LogP contribution >= 0.6 is 0 Å². The average molecular weight is 299 g/mol. The molecule has 5 heteroatoms. The first-order valence-electron chi connectivity index (χ1n) is 6.84. The van der Waals surface area contributed by atoms with Crippen LogP contribution in [0.25, 0.3) is 0 Å². The van der Waals surface area contributed by atoms with Crippen molar-refractivity contribution in [2.24, 2.45) is 0 Å². The summed E-state index contributed by atoms with van der Waals surface area (Å²) in [4.78, 5) is 27.5. The summed E-state index contributed by atoms with van der Waals surface area (Å²) < 4.78 is 4.49. The van der Waals surface area contributed by atoms with Gasteiger partial charge in [0.2, 0.25) is 0 Å². The van der Waals surface area contributed by atoms with E-state index < -0.39 is 17.4 Å². The van der Waals surface area contributed by atoms with Crippen LogP contribution in [0.4, 0.5) is 0 Å². The minimum Gasteiger partial charge on any atom is -0.469 e. The number of hydrogen-bond donors (Lipinski definition) is 1. The molecule has 114 valence electrons. The fraction of sp³-hybridized carbons (Fsp3) is 0.235. The summed E-state index contributed by atoms with van der Waals surface area (Å²) in [5, 5.41) is 11.1. The molecule has 22 heavy (non-hydrogen) atoms. The fourth-order valence-electron chi connectivity index (χ4n) is 2.24. The highest BCUT2D eigenvalue weighted by molar-refractivity contribution is 5.96. The normalized spacial score (nSPS) is 13.2. The molecule has 1 aromatic carbocycles. The molecule has 0 saturated heterocycles. The molecule has 0 saturated carbocycles. The average Bonchev–Trinajstić information content (AvgIpc) is 2.56. The number of ketones is 1. The van der Waals surface area contributed by atoms with Gasteiger partial charge < -0.3 is 9.84 Å². The highest BCUT2D eigenvalue weighted by atomic mass is 16.5. The monoisotopic (exact) mass is 299 g/mol. The molecule has 1 atom stereocenters. The van der Waals surface area contributed by atoms with Gasteiger partial charge in [0.25, 0.3) is 0 Å². The molecular formula is C17H17NO4. The molecule has 2 aromatic rings. The topological polar surface area (TPSA) is 76.5 Å². The highest BCUT2D eigenvalue weighted by Crippen LogP contribution is 2.32. The maximum atomic E-state index is 12.1. The summed E-state index contributed by atoms with van der Waals surface area (Å²) in [6, 6.07) is 13.9. The van der Waals surface area contributed by atoms with Crippen molar-refractivity contribution in [3.05, 3.63) is 66.0 Å². The summed E-state index contributed by atoms with van der Waals surface area (Å²) in [6.07, 6.45) is 0.926. The molecule has 0 aliphatic heterocycles. The number of pyridine rings is 1. The quantitative estimate of drug-likeness (QED) is 0.650. The molecule has 0 aliphatic rings. The molecule has 0 bridgehead atoms. The van der Waals surface area contributed by atoms with Crippen LogP contribution in [-0.4, -0.2) is 29.0 Å². The summed E-state index contributed by atoms with van der Waals surface area (Å²) in [6.45, 7) is 0. The number of hydrogen-bond acceptors (Lipinski definition) is 5. The third kappa shape index (κ3) is 3.56. The van der Waals surface area contributed by atoms with Gasteiger partial charge in [0.1, 0.15) is 17.8 Å². The molecule has 5 nitrogen and oxygen atoms in total. The Bertz CT molecular complexity index is 601. The Morgan fingerprint density at radius 2 is 1.82 bits per heavy atom. The predicted molar refractivity (Wildman–Crippen MR) is 79.9 cm³/mol. The first-order chi connectivity index (χ1) is 10.6. The van der Waals surface area contributed by atoms with Crippen molar-refractivity contribution < 1.29 is 19.4 Å². The molecule has 0 aliphatic carbocycles. The molecule has 1 N–H and O–H groups in total. The number of Topliss-reactive ketones (excluding diaryl/α,β-unsaturated/α-hetero) is 1. The standard InChI is InChI=1S/C17H17NO4/c1-22-16(20)11-14(19)12-17(21,13-7-3-2-4-8-13)15-9-5-6-10-18-15/h2-10,21H,11-12H2,1H3.